The molecule has 0 saturated carbocycles. The van der Waals surface area contributed by atoms with Crippen molar-refractivity contribution in [2.75, 3.05) is 19.8 Å². The van der Waals surface area contributed by atoms with Crippen LogP contribution in [0.1, 0.15) is 81.1 Å². The van der Waals surface area contributed by atoms with Gasteiger partial charge in [-0.05, 0) is 55.4 Å². The van der Waals surface area contributed by atoms with E-state index in [0.29, 0.717) is 31.5 Å². The summed E-state index contributed by atoms with van der Waals surface area (Å²) in [7, 11) is 0. The third kappa shape index (κ3) is 23.8. The number of esters is 1. The van der Waals surface area contributed by atoms with Gasteiger partial charge in [0.1, 0.15) is 65.7 Å². The second-order valence-corrected chi connectivity index (χ2v) is 18.1. The standard InChI is InChI=1S/C15H29N3O6.C9H18N2O.C6H14N2O6.C6H10O6.2ClH.H4N2.H2O/c1-14(2)5-8(6-15(3,4)18-14)16-17-13(24)12(23)11(22)10(21)9(20)7-19;1-8(2)5-7(12)6-9(3,4)11(8)10;7-8-6(14)5(13)4(12)3(11)2(10)1-9;7-1-2-3(8)4(9)5(10)6(11)12-2;;;1-2;/h9-12,18-23H,5-7H2,1-4H3,(H,17,24);5-6,10H2,1-4H3;2-5,9-13H,1,7H2,(H,8,14);2-5,7-10H,1H2;2*1H;1-2H2;1H2/t9-,10-,11+,12-;;2*2-,3-,4+,5-;;;;/m1.11..../s1. The molecule has 0 spiro atoms. The SMILES string of the molecule is CC1(C)CC(=NNC(=O)[C@H](O)[C@@H](O)[C@H](O)[C@H](O)CO)CC(C)(C)[NH2+]1.CC1(C)CC(=O)CC(C)(C)[NH+]1N.NN.NNC(=O)[C@H](O)[C@@H](O)[C@H](O)[C@H](O)CO.O.O=C1O[C@H](CO)[C@@H](O)[C@H](O)[C@H]1O.[Cl-].[Cl-]. The first-order chi connectivity index (χ1) is 29.2. The van der Waals surface area contributed by atoms with Crippen molar-refractivity contribution in [1.29, 1.82) is 0 Å². The van der Waals surface area contributed by atoms with Gasteiger partial charge in [-0.15, -0.1) is 0 Å². The van der Waals surface area contributed by atoms with Crippen LogP contribution in [0.25, 0.3) is 0 Å². The quantitative estimate of drug-likeness (QED) is 0.0373. The van der Waals surface area contributed by atoms with Crippen molar-refractivity contribution in [2.24, 2.45) is 28.5 Å². The summed E-state index contributed by atoms with van der Waals surface area (Å²) in [4.78, 5) is 44.6. The zero-order valence-corrected chi connectivity index (χ0v) is 40.3. The van der Waals surface area contributed by atoms with E-state index >= 15 is 0 Å². The second kappa shape index (κ2) is 32.4. The van der Waals surface area contributed by atoms with Crippen molar-refractivity contribution >= 4 is 29.3 Å². The van der Waals surface area contributed by atoms with Crippen LogP contribution in [0.4, 0.5) is 0 Å². The van der Waals surface area contributed by atoms with E-state index in [-0.39, 0.29) is 52.4 Å². The number of rotatable bonds is 12. The number of halogens is 2. The van der Waals surface area contributed by atoms with E-state index < -0.39 is 111 Å². The van der Waals surface area contributed by atoms with Crippen LogP contribution in [0.15, 0.2) is 5.10 Å². The lowest BCUT2D eigenvalue weighted by Crippen LogP contribution is -3.31. The molecule has 12 atom stereocenters. The van der Waals surface area contributed by atoms with Crippen molar-refractivity contribution < 1.29 is 136 Å². The fourth-order valence-electron chi connectivity index (χ4n) is 7.13. The number of hydrazine groups is 2. The Morgan fingerprint density at radius 2 is 1.09 bits per heavy atom. The number of carbonyl (C=O) groups is 4. The molecular formula is C36H79Cl2N9O20. The van der Waals surface area contributed by atoms with Gasteiger partial charge in [0.15, 0.2) is 24.4 Å². The minimum atomic E-state index is -1.98. The van der Waals surface area contributed by atoms with Crippen molar-refractivity contribution in [3.8, 4) is 0 Å². The summed E-state index contributed by atoms with van der Waals surface area (Å²) in [5.41, 5.74) is 4.12. The first kappa shape index (κ1) is 73.5. The lowest BCUT2D eigenvalue weighted by Gasteiger charge is -2.44. The molecule has 31 heteroatoms. The molecule has 0 aromatic rings. The number of nitrogens with one attached hydrogen (secondary N) is 3. The maximum Gasteiger partial charge on any atom is 0.338 e. The number of hydrogen-bond acceptors (Lipinski definition) is 24. The number of aliphatic hydroxyl groups excluding tert-OH is 14. The fraction of sp³-hybridized carbons (Fsp3) is 0.861. The van der Waals surface area contributed by atoms with Crippen molar-refractivity contribution in [2.45, 2.75) is 176 Å². The minimum absolute atomic E-state index is 0. The first-order valence-electron chi connectivity index (χ1n) is 19.9. The molecule has 3 aliphatic rings. The lowest BCUT2D eigenvalue weighted by atomic mass is 9.81. The highest BCUT2D eigenvalue weighted by Crippen LogP contribution is 2.20. The Labute approximate surface area is 400 Å². The molecule has 3 heterocycles. The Bertz CT molecular complexity index is 1450. The molecule has 0 aliphatic carbocycles. The molecule has 0 radical (unpaired) electrons. The van der Waals surface area contributed by atoms with Crippen LogP contribution in [-0.2, 0) is 23.9 Å². The monoisotopic (exact) mass is 1030 g/mol. The first-order valence-corrected chi connectivity index (χ1v) is 19.9. The molecule has 3 aliphatic heterocycles. The van der Waals surface area contributed by atoms with Gasteiger partial charge < -0.3 is 112 Å². The fourth-order valence-corrected chi connectivity index (χ4v) is 7.13. The molecule has 0 aromatic carbocycles. The third-order valence-electron chi connectivity index (χ3n) is 10.1. The molecule has 67 heavy (non-hydrogen) atoms. The highest BCUT2D eigenvalue weighted by molar-refractivity contribution is 5.89. The minimum Gasteiger partial charge on any atom is -1.00 e. The van der Waals surface area contributed by atoms with Gasteiger partial charge in [-0.2, -0.15) is 10.9 Å². The van der Waals surface area contributed by atoms with E-state index in [1.165, 1.54) is 0 Å². The highest BCUT2D eigenvalue weighted by atomic mass is 35.5. The van der Waals surface area contributed by atoms with Crippen LogP contribution in [-0.4, -0.2) is 221 Å². The highest BCUT2D eigenvalue weighted by Gasteiger charge is 2.48. The normalized spacial score (nSPS) is 25.8. The maximum atomic E-state index is 11.9. The molecule has 2 amide bonds. The predicted molar refractivity (Wildman–Crippen MR) is 224 cm³/mol. The number of quaternary nitrogens is 2. The smallest absolute Gasteiger partial charge is 0.338 e. The lowest BCUT2D eigenvalue weighted by molar-refractivity contribution is -1.01. The van der Waals surface area contributed by atoms with Crippen LogP contribution in [0, 0.1) is 0 Å². The number of ketones is 1. The van der Waals surface area contributed by atoms with Crippen molar-refractivity contribution in [1.82, 2.24) is 10.9 Å². The Morgan fingerprint density at radius 1 is 0.716 bits per heavy atom. The number of hydrogen-bond donors (Lipinski definition) is 22. The summed E-state index contributed by atoms with van der Waals surface area (Å²) >= 11 is 0. The number of Topliss-reactive ketones (excluding diaryl/α,β-unsaturated/α-hetero) is 1. The predicted octanol–water partition coefficient (Wildman–Crippen LogP) is -19.1. The number of piperidine rings is 2. The Hall–Kier alpha value is -2.51. The summed E-state index contributed by atoms with van der Waals surface area (Å²) < 4.78 is 4.38. The van der Waals surface area contributed by atoms with Gasteiger partial charge in [0.05, 0.1) is 49.5 Å². The molecule has 3 saturated heterocycles. The number of cyclic esters (lactones) is 1. The topological polar surface area (TPSA) is 554 Å². The molecule has 0 unspecified atom stereocenters. The molecule has 0 aromatic heterocycles. The number of hydrazone groups is 1. The maximum absolute atomic E-state index is 11.9. The average molecular weight is 1030 g/mol. The van der Waals surface area contributed by atoms with E-state index in [1.54, 1.807) is 5.43 Å². The molecular weight excluding hydrogens is 949 g/mol. The number of ether oxygens (including phenoxy) is 1. The molecule has 3 rings (SSSR count). The van der Waals surface area contributed by atoms with E-state index in [9.17, 15) is 39.6 Å². The van der Waals surface area contributed by atoms with Crippen LogP contribution in [0.3, 0.4) is 0 Å². The van der Waals surface area contributed by atoms with Gasteiger partial charge in [-0.3, -0.25) is 36.5 Å². The summed E-state index contributed by atoms with van der Waals surface area (Å²) in [5, 5.41) is 134. The zero-order chi connectivity index (χ0) is 50.9. The van der Waals surface area contributed by atoms with E-state index in [1.807, 2.05) is 27.7 Å². The number of carbonyl (C=O) groups excluding carboxylic acids is 4. The molecule has 29 N–H and O–H groups in total. The summed E-state index contributed by atoms with van der Waals surface area (Å²) in [6.45, 7) is 14.2. The number of amides is 2. The van der Waals surface area contributed by atoms with Crippen LogP contribution < -0.4 is 69.4 Å². The van der Waals surface area contributed by atoms with Gasteiger partial charge >= 0.3 is 5.97 Å². The van der Waals surface area contributed by atoms with Gasteiger partial charge in [0.25, 0.3) is 11.8 Å². The van der Waals surface area contributed by atoms with Gasteiger partial charge in [0.2, 0.25) is 0 Å². The zero-order valence-electron chi connectivity index (χ0n) is 38.8. The van der Waals surface area contributed by atoms with Gasteiger partial charge in [-0.25, -0.2) is 16.1 Å². The second-order valence-electron chi connectivity index (χ2n) is 18.1. The van der Waals surface area contributed by atoms with Crippen molar-refractivity contribution in [3.63, 3.8) is 0 Å². The van der Waals surface area contributed by atoms with E-state index in [0.717, 1.165) is 10.7 Å². The number of aliphatic hydroxyl groups is 14. The molecule has 3 fully saturated rings. The van der Waals surface area contributed by atoms with E-state index in [2.05, 4.69) is 65.8 Å². The average Bonchev–Trinajstić information content (AvgIpc) is 3.22. The number of nitrogens with two attached hydrogens (primary N) is 5. The third-order valence-corrected chi connectivity index (χ3v) is 10.1. The largest absolute Gasteiger partial charge is 1.00 e. The molecule has 402 valence electrons. The Kier molecular flexibility index (Phi) is 35.5. The Morgan fingerprint density at radius 3 is 1.43 bits per heavy atom. The molecule has 29 nitrogen and oxygen atoms in total. The van der Waals surface area contributed by atoms with Crippen LogP contribution in [0.2, 0.25) is 0 Å². The van der Waals surface area contributed by atoms with Gasteiger partial charge in [-0.1, -0.05) is 0 Å². The summed E-state index contributed by atoms with van der Waals surface area (Å²) in [5.74, 6) is 15.9. The number of nitrogens with zero attached hydrogens (tertiary/aromatic N) is 1. The van der Waals surface area contributed by atoms with Crippen molar-refractivity contribution in [3.05, 3.63) is 0 Å². The summed E-state index contributed by atoms with van der Waals surface area (Å²) in [6.07, 6.45) is -18.3. The van der Waals surface area contributed by atoms with Crippen LogP contribution in [0.5, 0.6) is 0 Å². The Balaban J connectivity index is -0.000000259. The van der Waals surface area contributed by atoms with E-state index in [4.69, 9.17) is 56.9 Å². The van der Waals surface area contributed by atoms with Crippen LogP contribution >= 0.6 is 0 Å². The van der Waals surface area contributed by atoms with Gasteiger partial charge in [0, 0.05) is 12.8 Å². The molecule has 0 bridgehead atoms. The summed E-state index contributed by atoms with van der Waals surface area (Å²) in [6, 6.07) is 0.